The molecule has 0 aliphatic carbocycles. The number of carbonyl (C=O) groups excluding carboxylic acids is 2. The number of phenols is 1. The maximum absolute atomic E-state index is 13.5. The minimum Gasteiger partial charge on any atom is -0.505 e. The zero-order valence-corrected chi connectivity index (χ0v) is 44.8. The average molecular weight is 1190 g/mol. The van der Waals surface area contributed by atoms with E-state index in [-0.39, 0.29) is 86.7 Å². The number of amides is 2. The van der Waals surface area contributed by atoms with Crippen molar-refractivity contribution in [2.75, 3.05) is 34.6 Å². The third-order valence-corrected chi connectivity index (χ3v) is 16.4. The third kappa shape index (κ3) is 13.7. The van der Waals surface area contributed by atoms with E-state index >= 15 is 0 Å². The molecular weight excluding hydrogens is 1150 g/mol. The molecule has 0 saturated carbocycles. The second kappa shape index (κ2) is 22.5. The fraction of sp³-hybridized carbons (Fsp3) is 0.178. The maximum atomic E-state index is 13.5. The van der Waals surface area contributed by atoms with Crippen LogP contribution in [-0.2, 0) is 66.0 Å². The number of alkyl halides is 1. The molecule has 27 nitrogen and oxygen atoms in total. The topological polar surface area (TPSA) is 427 Å². The monoisotopic (exact) mass is 1190 g/mol. The van der Waals surface area contributed by atoms with Crippen molar-refractivity contribution in [1.29, 1.82) is 0 Å². The summed E-state index contributed by atoms with van der Waals surface area (Å²) in [7, 11) is -23.7. The summed E-state index contributed by atoms with van der Waals surface area (Å²) < 4.78 is 166. The number of aromatic nitrogens is 2. The Bertz CT molecular complexity index is 4250. The number of nitrogens with zero attached hydrogens (tertiary/aromatic N) is 6. The van der Waals surface area contributed by atoms with Crippen LogP contribution in [0.5, 0.6) is 11.6 Å². The highest BCUT2D eigenvalue weighted by Crippen LogP contribution is 2.44. The molecule has 78 heavy (non-hydrogen) atoms. The number of hydrogen-bond donors (Lipinski definition) is 8. The quantitative estimate of drug-likeness (QED) is 0.0160. The Morgan fingerprint density at radius 1 is 0.679 bits per heavy atom. The van der Waals surface area contributed by atoms with Crippen LogP contribution in [-0.4, -0.2) is 116 Å². The second-order valence-corrected chi connectivity index (χ2v) is 24.5. The van der Waals surface area contributed by atoms with Crippen LogP contribution >= 0.6 is 11.6 Å². The number of sulfone groups is 1. The van der Waals surface area contributed by atoms with Gasteiger partial charge in [-0.15, -0.1) is 32.1 Å². The first-order valence-corrected chi connectivity index (χ1v) is 30.0. The summed E-state index contributed by atoms with van der Waals surface area (Å²) in [5, 5.41) is 47.1. The van der Waals surface area contributed by atoms with Crippen LogP contribution in [0, 0.1) is 13.8 Å². The van der Waals surface area contributed by atoms with Crippen molar-refractivity contribution in [3.8, 4) is 17.3 Å². The Hall–Kier alpha value is -7.37. The van der Waals surface area contributed by atoms with E-state index in [2.05, 4.69) is 40.4 Å². The van der Waals surface area contributed by atoms with E-state index < -0.39 is 112 Å². The van der Waals surface area contributed by atoms with Crippen molar-refractivity contribution in [3.63, 3.8) is 0 Å². The van der Waals surface area contributed by atoms with Gasteiger partial charge in [0.2, 0.25) is 11.8 Å². The van der Waals surface area contributed by atoms with Gasteiger partial charge < -0.3 is 20.8 Å². The van der Waals surface area contributed by atoms with Crippen LogP contribution in [0.4, 0.5) is 34.1 Å². The molecule has 0 saturated heterocycles. The highest BCUT2D eigenvalue weighted by molar-refractivity contribution is 7.92. The summed E-state index contributed by atoms with van der Waals surface area (Å²) in [6.45, 7) is 2.46. The van der Waals surface area contributed by atoms with Crippen LogP contribution in [0.25, 0.3) is 27.2 Å². The number of halogens is 1. The van der Waals surface area contributed by atoms with E-state index in [1.807, 2.05) is 0 Å². The number of nitrogens with one attached hydrogen (secondary N) is 2. The van der Waals surface area contributed by atoms with Gasteiger partial charge in [0.15, 0.2) is 21.3 Å². The highest BCUT2D eigenvalue weighted by atomic mass is 35.5. The lowest BCUT2D eigenvalue weighted by Crippen LogP contribution is -2.26. The van der Waals surface area contributed by atoms with Crippen LogP contribution < -0.4 is 10.6 Å². The van der Waals surface area contributed by atoms with Crippen LogP contribution in [0.3, 0.4) is 0 Å². The zero-order valence-electron chi connectivity index (χ0n) is 40.0. The van der Waals surface area contributed by atoms with E-state index in [0.717, 1.165) is 41.1 Å². The molecule has 1 aromatic heterocycles. The molecule has 412 valence electrons. The minimum absolute atomic E-state index is 0.0106. The van der Waals surface area contributed by atoms with Crippen LogP contribution in [0.2, 0.25) is 0 Å². The average Bonchev–Trinajstić information content (AvgIpc) is 3.73. The lowest BCUT2D eigenvalue weighted by atomic mass is 10.0. The lowest BCUT2D eigenvalue weighted by Gasteiger charge is -2.15. The summed E-state index contributed by atoms with van der Waals surface area (Å²) >= 11 is 5.48. The van der Waals surface area contributed by atoms with Crippen molar-refractivity contribution in [3.05, 3.63) is 113 Å². The Labute approximate surface area is 448 Å². The van der Waals surface area contributed by atoms with E-state index in [1.54, 1.807) is 6.07 Å². The molecule has 0 spiro atoms. The Morgan fingerprint density at radius 3 is 1.97 bits per heavy atom. The van der Waals surface area contributed by atoms with Gasteiger partial charge in [0, 0.05) is 33.3 Å². The van der Waals surface area contributed by atoms with Crippen molar-refractivity contribution < 1.29 is 84.3 Å². The van der Waals surface area contributed by atoms with Crippen molar-refractivity contribution in [2.24, 2.45) is 20.5 Å². The van der Waals surface area contributed by atoms with Crippen molar-refractivity contribution in [1.82, 2.24) is 9.78 Å². The number of azo groups is 2. The molecule has 33 heteroatoms. The molecule has 6 aromatic carbocycles. The first kappa shape index (κ1) is 58.3. The number of aromatic hydroxyl groups is 2. The Kier molecular flexibility index (Phi) is 16.9. The maximum Gasteiger partial charge on any atom is 0.397 e. The second-order valence-electron chi connectivity index (χ2n) is 16.8. The van der Waals surface area contributed by atoms with E-state index in [0.29, 0.717) is 10.9 Å². The summed E-state index contributed by atoms with van der Waals surface area (Å²) in [6, 6.07) is 18.9. The van der Waals surface area contributed by atoms with Crippen LogP contribution in [0.15, 0.2) is 126 Å². The molecule has 8 N–H and O–H groups in total. The molecule has 0 aliphatic rings. The van der Waals surface area contributed by atoms with Gasteiger partial charge in [0.05, 0.1) is 29.4 Å². The standard InChI is InChI=1S/C45H41ClN8O19S5/c1-24-20-33-32(13-15-34(43(33)77(67,68)69)48-38(55)23-74(59,60)19-17-46)41(56)39(24)51-50-36-22-29(9-16-37(36)75(61,62)63)47-44(57)27-6-10-30(11-7-27)54-45(58)40(25(2)53-54)52-49-35-14-8-28-21-26(4-3-18-73-78(70,71)72)5-12-31(28)42(35)76(64,65)66/h5-16,20-22,56,58H,3-4,17-19,23H2,1-2H3,(H,47,57)(H,48,55)(H,61,62,63)(H,64,65,66)(H,67,68,69)(H,70,71,72). The van der Waals surface area contributed by atoms with Crippen molar-refractivity contribution >= 4 is 130 Å². The molecular formula is C45H41ClN8O19S5. The van der Waals surface area contributed by atoms with E-state index in [9.17, 15) is 75.5 Å². The predicted octanol–water partition coefficient (Wildman–Crippen LogP) is 7.37. The molecule has 2 amide bonds. The number of benzene rings is 6. The van der Waals surface area contributed by atoms with Gasteiger partial charge in [-0.3, -0.25) is 27.8 Å². The first-order chi connectivity index (χ1) is 36.3. The normalized spacial score (nSPS) is 12.8. The summed E-state index contributed by atoms with van der Waals surface area (Å²) in [4.78, 5) is 23.7. The lowest BCUT2D eigenvalue weighted by molar-refractivity contribution is -0.113. The molecule has 0 radical (unpaired) electrons. The summed E-state index contributed by atoms with van der Waals surface area (Å²) in [6.07, 6.45) is 0.472. The fourth-order valence-electron chi connectivity index (χ4n) is 7.77. The number of carbonyl (C=O) groups is 2. The van der Waals surface area contributed by atoms with Gasteiger partial charge in [-0.1, -0.05) is 24.3 Å². The largest absolute Gasteiger partial charge is 0.505 e. The minimum atomic E-state index is -5.19. The van der Waals surface area contributed by atoms with Gasteiger partial charge >= 0.3 is 10.4 Å². The number of phenolic OH excluding ortho intramolecular Hbond substituents is 1. The van der Waals surface area contributed by atoms with Gasteiger partial charge in [-0.05, 0) is 110 Å². The highest BCUT2D eigenvalue weighted by Gasteiger charge is 2.27. The molecule has 0 aliphatic heterocycles. The number of fused-ring (bicyclic) bond motifs is 2. The number of anilines is 2. The Balaban J connectivity index is 1.11. The molecule has 0 unspecified atom stereocenters. The SMILES string of the molecule is Cc1cc2c(S(=O)(=O)O)c(NC(=O)CS(=O)(=O)CCCl)ccc2c(O)c1N=Nc1cc(NC(=O)c2ccc(-n3nc(C)c(N=Nc4ccc5cc(CCCOS(=O)(=O)O)ccc5c4S(=O)(=O)O)c3O)cc2)ccc1S(=O)(=O)O. The fourth-order valence-corrected chi connectivity index (χ4v) is 11.9. The molecule has 0 bridgehead atoms. The first-order valence-electron chi connectivity index (χ1n) is 22.0. The van der Waals surface area contributed by atoms with Crippen LogP contribution in [0.1, 0.15) is 33.6 Å². The number of rotatable bonds is 20. The molecule has 1 heterocycles. The van der Waals surface area contributed by atoms with Gasteiger partial charge in [-0.25, -0.2) is 12.6 Å². The predicted molar refractivity (Wildman–Crippen MR) is 280 cm³/mol. The summed E-state index contributed by atoms with van der Waals surface area (Å²) in [5.74, 6) is -5.18. The number of aryl methyl sites for hydroxylation is 3. The molecule has 0 fully saturated rings. The smallest absolute Gasteiger partial charge is 0.397 e. The molecule has 7 rings (SSSR count). The Morgan fingerprint density at radius 2 is 1.33 bits per heavy atom. The zero-order chi connectivity index (χ0) is 57.3. The number of hydrogen-bond acceptors (Lipinski definition) is 20. The van der Waals surface area contributed by atoms with Crippen molar-refractivity contribution in [2.45, 2.75) is 41.4 Å². The van der Waals surface area contributed by atoms with E-state index in [4.69, 9.17) is 16.2 Å². The molecule has 7 aromatic rings. The summed E-state index contributed by atoms with van der Waals surface area (Å²) in [5.41, 5.74) is -1.12. The van der Waals surface area contributed by atoms with Gasteiger partial charge in [-0.2, -0.15) is 43.5 Å². The molecule has 0 atom stereocenters. The third-order valence-electron chi connectivity index (χ3n) is 11.2. The van der Waals surface area contributed by atoms with E-state index in [1.165, 1.54) is 62.4 Å². The van der Waals surface area contributed by atoms with Gasteiger partial charge in [0.25, 0.3) is 36.3 Å². The van der Waals surface area contributed by atoms with Gasteiger partial charge in [0.1, 0.15) is 37.5 Å².